The topological polar surface area (TPSA) is 26.3 Å². The predicted octanol–water partition coefficient (Wildman–Crippen LogP) is 6.79. The Morgan fingerprint density at radius 3 is 1.53 bits per heavy atom. The van der Waals surface area contributed by atoms with E-state index in [4.69, 9.17) is 23.2 Å². The van der Waals surface area contributed by atoms with Crippen molar-refractivity contribution >= 4 is 28.4 Å². The maximum absolute atomic E-state index is 13.5. The van der Waals surface area contributed by atoms with Crippen LogP contribution in [0.25, 0.3) is 0 Å². The van der Waals surface area contributed by atoms with Crippen LogP contribution in [0.1, 0.15) is 10.4 Å². The van der Waals surface area contributed by atoms with Gasteiger partial charge in [-0.3, -0.25) is 4.79 Å². The molecule has 17 heteroatoms. The lowest BCUT2D eigenvalue weighted by molar-refractivity contribution is -0.456. The van der Waals surface area contributed by atoms with Gasteiger partial charge in [0.15, 0.2) is 0 Å². The minimum absolute atomic E-state index is 0.0990. The summed E-state index contributed by atoms with van der Waals surface area (Å²) < 4.78 is 171. The lowest BCUT2D eigenvalue weighted by Crippen LogP contribution is -2.70. The summed E-state index contributed by atoms with van der Waals surface area (Å²) in [5.41, 5.74) is -0.637. The second-order valence-corrected chi connectivity index (χ2v) is 6.08. The van der Waals surface area contributed by atoms with Gasteiger partial charge in [0.2, 0.25) is 0 Å². The molecule has 0 aliphatic heterocycles. The van der Waals surface area contributed by atoms with E-state index in [0.717, 1.165) is 0 Å². The number of carbonyl (C=O) groups excluding carboxylic acids is 1. The smallest absolute Gasteiger partial charge is 0.428 e. The van der Waals surface area contributed by atoms with E-state index in [2.05, 4.69) is 4.74 Å². The van der Waals surface area contributed by atoms with Gasteiger partial charge in [-0.25, -0.2) is 0 Å². The molecule has 30 heavy (non-hydrogen) atoms. The molecule has 172 valence electrons. The molecule has 0 N–H and O–H groups in total. The van der Waals surface area contributed by atoms with Crippen LogP contribution in [-0.2, 0) is 0 Å². The first-order valence-electron chi connectivity index (χ1n) is 6.69. The van der Waals surface area contributed by atoms with Gasteiger partial charge in [0.25, 0.3) is 5.24 Å². The highest BCUT2D eigenvalue weighted by atomic mass is 35.5. The zero-order valence-electron chi connectivity index (χ0n) is 13.2. The first-order chi connectivity index (χ1) is 13.0. The van der Waals surface area contributed by atoms with Crippen molar-refractivity contribution in [3.8, 4) is 5.75 Å². The lowest BCUT2D eigenvalue weighted by atomic mass is 9.97. The number of hydrogen-bond acceptors (Lipinski definition) is 2. The van der Waals surface area contributed by atoms with Crippen LogP contribution in [0.4, 0.5) is 57.1 Å². The van der Waals surface area contributed by atoms with E-state index in [-0.39, 0.29) is 12.1 Å². The number of carbonyl (C=O) groups is 1. The molecule has 0 amide bonds. The van der Waals surface area contributed by atoms with Crippen LogP contribution in [0.5, 0.6) is 5.75 Å². The Bertz CT molecular complexity index is 820. The highest BCUT2D eigenvalue weighted by Gasteiger charge is 2.91. The van der Waals surface area contributed by atoms with Crippen molar-refractivity contribution < 1.29 is 66.6 Å². The Morgan fingerprint density at radius 2 is 1.17 bits per heavy atom. The largest absolute Gasteiger partial charge is 0.471 e. The molecule has 2 nitrogen and oxygen atoms in total. The molecule has 0 aliphatic carbocycles. The second kappa shape index (κ2) is 7.50. The molecule has 0 heterocycles. The fourth-order valence-corrected chi connectivity index (χ4v) is 2.16. The molecule has 0 unspecified atom stereocenters. The Kier molecular flexibility index (Phi) is 6.60. The van der Waals surface area contributed by atoms with Gasteiger partial charge in [0, 0.05) is 0 Å². The van der Waals surface area contributed by atoms with E-state index >= 15 is 0 Å². The van der Waals surface area contributed by atoms with Gasteiger partial charge in [0.05, 0.1) is 10.6 Å². The van der Waals surface area contributed by atoms with Crippen LogP contribution < -0.4 is 4.74 Å². The molecule has 0 bridgehead atoms. The summed E-state index contributed by atoms with van der Waals surface area (Å²) in [7, 11) is 0. The van der Waals surface area contributed by atoms with Crippen LogP contribution in [0, 0.1) is 0 Å². The van der Waals surface area contributed by atoms with Crippen molar-refractivity contribution in [2.24, 2.45) is 0 Å². The summed E-state index contributed by atoms with van der Waals surface area (Å²) in [6.07, 6.45) is -14.3. The van der Waals surface area contributed by atoms with E-state index < -0.39 is 57.6 Å². The predicted molar refractivity (Wildman–Crippen MR) is 73.1 cm³/mol. The van der Waals surface area contributed by atoms with Crippen LogP contribution in [-0.4, -0.2) is 41.2 Å². The minimum atomic E-state index is -8.04. The number of rotatable bonds is 7. The third kappa shape index (κ3) is 3.97. The zero-order valence-corrected chi connectivity index (χ0v) is 14.7. The van der Waals surface area contributed by atoms with Crippen molar-refractivity contribution in [3.05, 3.63) is 28.8 Å². The van der Waals surface area contributed by atoms with Crippen molar-refractivity contribution in [2.75, 3.05) is 0 Å². The third-order valence-electron chi connectivity index (χ3n) is 3.30. The first kappa shape index (κ1) is 26.4. The Labute approximate surface area is 166 Å². The number of hydrogen-bond donors (Lipinski definition) is 0. The van der Waals surface area contributed by atoms with Gasteiger partial charge < -0.3 is 4.74 Å². The SMILES string of the molecule is O=C(Cl)c1ccc(OC(F)(F)C(F)(F)C(F)(F)C(F)(F)C(F)(F)C(F)(F)F)cc1Cl. The molecule has 0 saturated heterocycles. The normalized spacial score (nSPS) is 14.6. The van der Waals surface area contributed by atoms with Crippen molar-refractivity contribution in [2.45, 2.75) is 36.0 Å². The van der Waals surface area contributed by atoms with E-state index in [1.807, 2.05) is 0 Å². The summed E-state index contributed by atoms with van der Waals surface area (Å²) in [6, 6.07) is 0.722. The molecule has 0 aliphatic rings. The average molecular weight is 509 g/mol. The van der Waals surface area contributed by atoms with Gasteiger partial charge in [-0.1, -0.05) is 11.6 Å². The minimum Gasteiger partial charge on any atom is -0.428 e. The molecular weight excluding hydrogens is 506 g/mol. The second-order valence-electron chi connectivity index (χ2n) is 5.33. The molecule has 1 rings (SSSR count). The van der Waals surface area contributed by atoms with E-state index in [0.29, 0.717) is 6.07 Å². The van der Waals surface area contributed by atoms with Crippen molar-refractivity contribution in [1.82, 2.24) is 0 Å². The van der Waals surface area contributed by atoms with Crippen LogP contribution in [0.15, 0.2) is 18.2 Å². The summed E-state index contributed by atoms with van der Waals surface area (Å²) in [6.45, 7) is 0. The van der Waals surface area contributed by atoms with E-state index in [1.54, 1.807) is 0 Å². The maximum atomic E-state index is 13.5. The molecule has 1 aromatic rings. The Balaban J connectivity index is 3.42. The molecule has 0 spiro atoms. The lowest BCUT2D eigenvalue weighted by Gasteiger charge is -2.39. The Hall–Kier alpha value is -1.64. The van der Waals surface area contributed by atoms with E-state index in [1.165, 1.54) is 0 Å². The number of halogens is 15. The summed E-state index contributed by atoms with van der Waals surface area (Å²) >= 11 is 10.3. The highest BCUT2D eigenvalue weighted by Crippen LogP contribution is 2.60. The van der Waals surface area contributed by atoms with Crippen molar-refractivity contribution in [3.63, 3.8) is 0 Å². The Morgan fingerprint density at radius 1 is 0.733 bits per heavy atom. The van der Waals surface area contributed by atoms with Crippen molar-refractivity contribution in [1.29, 1.82) is 0 Å². The molecule has 0 fully saturated rings. The fraction of sp³-hybridized carbons (Fsp3) is 0.462. The average Bonchev–Trinajstić information content (AvgIpc) is 2.52. The standard InChI is InChI=1S/C13H3Cl2F13O2/c14-6-3-4(1-2-5(6)7(15)29)30-13(27,28)11(22,23)9(18,19)8(16,17)10(20,21)12(24,25)26/h1-3H. The van der Waals surface area contributed by atoms with Crippen LogP contribution in [0.3, 0.4) is 0 Å². The number of benzene rings is 1. The van der Waals surface area contributed by atoms with Gasteiger partial charge in [-0.2, -0.15) is 57.1 Å². The molecule has 0 atom stereocenters. The number of ether oxygens (including phenoxy) is 1. The quantitative estimate of drug-likeness (QED) is 0.299. The van der Waals surface area contributed by atoms with Crippen LogP contribution in [0.2, 0.25) is 5.02 Å². The monoisotopic (exact) mass is 508 g/mol. The molecular formula is C13H3Cl2F13O2. The summed E-state index contributed by atoms with van der Waals surface area (Å²) in [5, 5.41) is -2.20. The molecule has 0 radical (unpaired) electrons. The van der Waals surface area contributed by atoms with Gasteiger partial charge >= 0.3 is 36.0 Å². The van der Waals surface area contributed by atoms with Crippen LogP contribution >= 0.6 is 23.2 Å². The first-order valence-corrected chi connectivity index (χ1v) is 7.44. The highest BCUT2D eigenvalue weighted by molar-refractivity contribution is 6.68. The molecule has 0 saturated carbocycles. The van der Waals surface area contributed by atoms with E-state index in [9.17, 15) is 61.9 Å². The third-order valence-corrected chi connectivity index (χ3v) is 3.82. The maximum Gasteiger partial charge on any atom is 0.471 e. The number of alkyl halides is 13. The molecule has 1 aromatic carbocycles. The summed E-state index contributed by atoms with van der Waals surface area (Å²) in [5.74, 6) is -33.1. The van der Waals surface area contributed by atoms with Gasteiger partial charge in [-0.15, -0.1) is 0 Å². The van der Waals surface area contributed by atoms with Gasteiger partial charge in [0.1, 0.15) is 5.75 Å². The van der Waals surface area contributed by atoms with Gasteiger partial charge in [-0.05, 0) is 29.8 Å². The summed E-state index contributed by atoms with van der Waals surface area (Å²) in [4.78, 5) is 10.9. The fourth-order valence-electron chi connectivity index (χ4n) is 1.69. The molecule has 0 aromatic heterocycles. The zero-order chi connectivity index (χ0) is 24.1.